The van der Waals surface area contributed by atoms with E-state index in [-0.39, 0.29) is 5.78 Å². The van der Waals surface area contributed by atoms with Gasteiger partial charge in [-0.2, -0.15) is 10.5 Å². The van der Waals surface area contributed by atoms with Crippen molar-refractivity contribution in [3.8, 4) is 29.4 Å². The minimum atomic E-state index is -1.55. The van der Waals surface area contributed by atoms with Crippen LogP contribution in [0.25, 0.3) is 6.08 Å². The Morgan fingerprint density at radius 3 is 2.24 bits per heavy atom. The highest BCUT2D eigenvalue weighted by Crippen LogP contribution is 2.56. The van der Waals surface area contributed by atoms with Crippen molar-refractivity contribution in [1.82, 2.24) is 0 Å². The van der Waals surface area contributed by atoms with Gasteiger partial charge >= 0.3 is 0 Å². The molecular formula is C30H25N3O4. The zero-order valence-electron chi connectivity index (χ0n) is 20.7. The quantitative estimate of drug-likeness (QED) is 0.448. The number of hydrogen-bond acceptors (Lipinski definition) is 7. The van der Waals surface area contributed by atoms with Gasteiger partial charge in [0.1, 0.15) is 11.8 Å². The van der Waals surface area contributed by atoms with Gasteiger partial charge in [-0.05, 0) is 53.6 Å². The van der Waals surface area contributed by atoms with E-state index in [1.165, 1.54) is 7.11 Å². The summed E-state index contributed by atoms with van der Waals surface area (Å²) in [5, 5.41) is 21.2. The molecule has 0 saturated carbocycles. The fourth-order valence-corrected chi connectivity index (χ4v) is 5.58. The first-order chi connectivity index (χ1) is 18.0. The summed E-state index contributed by atoms with van der Waals surface area (Å²) in [5.41, 5.74) is 1.29. The van der Waals surface area contributed by atoms with E-state index in [4.69, 9.17) is 14.2 Å². The monoisotopic (exact) mass is 491 g/mol. The number of anilines is 1. The molecule has 0 amide bonds. The van der Waals surface area contributed by atoms with Crippen LogP contribution in [-0.2, 0) is 0 Å². The van der Waals surface area contributed by atoms with Crippen molar-refractivity contribution in [2.45, 2.75) is 18.0 Å². The van der Waals surface area contributed by atoms with Gasteiger partial charge in [-0.1, -0.05) is 36.4 Å². The van der Waals surface area contributed by atoms with Gasteiger partial charge in [0.05, 0.1) is 39.5 Å². The molecule has 184 valence electrons. The Bertz CT molecular complexity index is 1450. The number of benzene rings is 3. The van der Waals surface area contributed by atoms with Crippen molar-refractivity contribution in [3.63, 3.8) is 0 Å². The summed E-state index contributed by atoms with van der Waals surface area (Å²) >= 11 is 0. The topological polar surface area (TPSA) is 95.6 Å². The van der Waals surface area contributed by atoms with Crippen molar-refractivity contribution in [2.24, 2.45) is 5.41 Å². The summed E-state index contributed by atoms with van der Waals surface area (Å²) in [4.78, 5) is 16.3. The second kappa shape index (κ2) is 9.37. The predicted molar refractivity (Wildman–Crippen MR) is 139 cm³/mol. The molecule has 0 radical (unpaired) electrons. The van der Waals surface area contributed by atoms with Crippen molar-refractivity contribution in [2.75, 3.05) is 26.2 Å². The average molecular weight is 492 g/mol. The lowest BCUT2D eigenvalue weighted by molar-refractivity contribution is 0.0951. The summed E-state index contributed by atoms with van der Waals surface area (Å²) in [6.07, 6.45) is 3.79. The van der Waals surface area contributed by atoms with Crippen LogP contribution in [0.3, 0.4) is 0 Å². The summed E-state index contributed by atoms with van der Waals surface area (Å²) in [6.45, 7) is 0. The lowest BCUT2D eigenvalue weighted by Gasteiger charge is -2.35. The SMILES string of the molecule is COc1ccc(C(=O)C2C(c3ccc(OC)c(OC)c3)C(C#N)(C#N)C3C=Cc4ccccc4N23)cc1. The van der Waals surface area contributed by atoms with Crippen LogP contribution in [0.2, 0.25) is 0 Å². The van der Waals surface area contributed by atoms with Gasteiger partial charge in [0.25, 0.3) is 0 Å². The third kappa shape index (κ3) is 3.59. The van der Waals surface area contributed by atoms with E-state index < -0.39 is 23.4 Å². The van der Waals surface area contributed by atoms with Gasteiger partial charge in [0, 0.05) is 17.2 Å². The maximum absolute atomic E-state index is 14.3. The molecule has 2 heterocycles. The van der Waals surface area contributed by atoms with Crippen molar-refractivity contribution in [3.05, 3.63) is 89.5 Å². The van der Waals surface area contributed by atoms with E-state index in [2.05, 4.69) is 12.1 Å². The Morgan fingerprint density at radius 1 is 0.892 bits per heavy atom. The Hall–Kier alpha value is -4.75. The van der Waals surface area contributed by atoms with Crippen LogP contribution >= 0.6 is 0 Å². The number of Topliss-reactive ketones (excluding diaryl/α,β-unsaturated/α-hetero) is 1. The highest BCUT2D eigenvalue weighted by molar-refractivity contribution is 6.04. The minimum Gasteiger partial charge on any atom is -0.497 e. The maximum Gasteiger partial charge on any atom is 0.185 e. The number of fused-ring (bicyclic) bond motifs is 3. The number of rotatable bonds is 6. The highest BCUT2D eigenvalue weighted by Gasteiger charge is 2.63. The van der Waals surface area contributed by atoms with E-state index in [0.717, 1.165) is 11.3 Å². The van der Waals surface area contributed by atoms with Gasteiger partial charge in [0.15, 0.2) is 22.7 Å². The minimum absolute atomic E-state index is 0.190. The van der Waals surface area contributed by atoms with Crippen LogP contribution in [0.4, 0.5) is 5.69 Å². The molecule has 0 N–H and O–H groups in total. The number of para-hydroxylation sites is 1. The molecule has 1 fully saturated rings. The van der Waals surface area contributed by atoms with Crippen molar-refractivity contribution in [1.29, 1.82) is 10.5 Å². The lowest BCUT2D eigenvalue weighted by atomic mass is 9.69. The molecule has 37 heavy (non-hydrogen) atoms. The first-order valence-electron chi connectivity index (χ1n) is 11.8. The number of carbonyl (C=O) groups excluding carboxylic acids is 1. The third-order valence-electron chi connectivity index (χ3n) is 7.33. The first-order valence-corrected chi connectivity index (χ1v) is 11.8. The molecule has 3 unspecified atom stereocenters. The van der Waals surface area contributed by atoms with E-state index in [9.17, 15) is 15.3 Å². The van der Waals surface area contributed by atoms with Crippen molar-refractivity contribution >= 4 is 17.5 Å². The van der Waals surface area contributed by atoms with Crippen LogP contribution < -0.4 is 19.1 Å². The number of hydrogen-bond donors (Lipinski definition) is 0. The first kappa shape index (κ1) is 24.0. The molecule has 5 rings (SSSR count). The van der Waals surface area contributed by atoms with Gasteiger partial charge in [0.2, 0.25) is 0 Å². The van der Waals surface area contributed by atoms with Crippen LogP contribution in [0.1, 0.15) is 27.4 Å². The predicted octanol–water partition coefficient (Wildman–Crippen LogP) is 5.00. The van der Waals surface area contributed by atoms with Crippen LogP contribution in [-0.4, -0.2) is 39.2 Å². The summed E-state index contributed by atoms with van der Waals surface area (Å²) in [6, 6.07) is 23.1. The lowest BCUT2D eigenvalue weighted by Crippen LogP contribution is -2.44. The summed E-state index contributed by atoms with van der Waals surface area (Å²) in [7, 11) is 4.64. The number of carbonyl (C=O) groups is 1. The number of nitrogens with zero attached hydrogens (tertiary/aromatic N) is 3. The van der Waals surface area contributed by atoms with Gasteiger partial charge in [-0.15, -0.1) is 0 Å². The Balaban J connectivity index is 1.76. The Labute approximate surface area is 215 Å². The van der Waals surface area contributed by atoms with E-state index in [0.29, 0.717) is 28.4 Å². The highest BCUT2D eigenvalue weighted by atomic mass is 16.5. The summed E-state index contributed by atoms with van der Waals surface area (Å²) < 4.78 is 16.2. The van der Waals surface area contributed by atoms with E-state index in [1.54, 1.807) is 56.7 Å². The van der Waals surface area contributed by atoms with Crippen LogP contribution in [0.15, 0.2) is 72.8 Å². The van der Waals surface area contributed by atoms with Gasteiger partial charge in [-0.3, -0.25) is 4.79 Å². The normalized spacial score (nSPS) is 20.7. The molecular weight excluding hydrogens is 466 g/mol. The zero-order valence-corrected chi connectivity index (χ0v) is 20.7. The molecule has 0 spiro atoms. The molecule has 2 aliphatic heterocycles. The standard InChI is InChI=1S/C30H25N3O4/c1-35-22-12-8-20(9-13-22)29(34)28-27(21-10-14-24(36-2)25(16-21)37-3)30(17-31,18-32)26-15-11-19-6-4-5-7-23(19)33(26)28/h4-16,26-28H,1-3H3. The average Bonchev–Trinajstić information content (AvgIpc) is 3.27. The Morgan fingerprint density at radius 2 is 1.59 bits per heavy atom. The van der Waals surface area contributed by atoms with E-state index in [1.807, 2.05) is 41.3 Å². The number of methoxy groups -OCH3 is 3. The smallest absolute Gasteiger partial charge is 0.185 e. The molecule has 0 aromatic heterocycles. The Kier molecular flexibility index (Phi) is 6.07. The van der Waals surface area contributed by atoms with Crippen LogP contribution in [0, 0.1) is 28.1 Å². The van der Waals surface area contributed by atoms with E-state index >= 15 is 0 Å². The molecule has 1 saturated heterocycles. The maximum atomic E-state index is 14.3. The van der Waals surface area contributed by atoms with Gasteiger partial charge < -0.3 is 19.1 Å². The molecule has 3 aromatic carbocycles. The molecule has 0 bridgehead atoms. The van der Waals surface area contributed by atoms with Gasteiger partial charge in [-0.25, -0.2) is 0 Å². The second-order valence-electron chi connectivity index (χ2n) is 8.99. The molecule has 2 aliphatic rings. The third-order valence-corrected chi connectivity index (χ3v) is 7.33. The molecule has 7 heteroatoms. The fraction of sp³-hybridized carbons (Fsp3) is 0.233. The molecule has 0 aliphatic carbocycles. The van der Waals surface area contributed by atoms with Crippen LogP contribution in [0.5, 0.6) is 17.2 Å². The number of ether oxygens (including phenoxy) is 3. The number of nitriles is 2. The molecule has 3 aromatic rings. The largest absolute Gasteiger partial charge is 0.497 e. The fourth-order valence-electron chi connectivity index (χ4n) is 5.58. The molecule has 3 atom stereocenters. The zero-order chi connectivity index (χ0) is 26.2. The number of ketones is 1. The molecule has 7 nitrogen and oxygen atoms in total. The second-order valence-corrected chi connectivity index (χ2v) is 8.99. The van der Waals surface area contributed by atoms with Crippen molar-refractivity contribution < 1.29 is 19.0 Å². The summed E-state index contributed by atoms with van der Waals surface area (Å²) in [5.74, 6) is 0.639.